The van der Waals surface area contributed by atoms with Gasteiger partial charge >= 0.3 is 0 Å². The summed E-state index contributed by atoms with van der Waals surface area (Å²) >= 11 is 0. The molecule has 0 aromatic carbocycles. The molecule has 0 aromatic rings. The van der Waals surface area contributed by atoms with Crippen LogP contribution in [-0.4, -0.2) is 25.3 Å². The highest BCUT2D eigenvalue weighted by Crippen LogP contribution is 2.68. The second kappa shape index (κ2) is 8.21. The lowest BCUT2D eigenvalue weighted by Crippen LogP contribution is -2.27. The van der Waals surface area contributed by atoms with Gasteiger partial charge in [-0.2, -0.15) is 0 Å². The van der Waals surface area contributed by atoms with Crippen LogP contribution in [0.2, 0.25) is 0 Å². The van der Waals surface area contributed by atoms with Crippen molar-refractivity contribution in [3.05, 3.63) is 41.4 Å². The fourth-order valence-electron chi connectivity index (χ4n) is 3.84. The van der Waals surface area contributed by atoms with E-state index in [1.54, 1.807) is 0 Å². The maximum Gasteiger partial charge on any atom is 0.0861 e. The summed E-state index contributed by atoms with van der Waals surface area (Å²) in [6, 6.07) is 0.389. The Morgan fingerprint density at radius 1 is 1.48 bits per heavy atom. The van der Waals surface area contributed by atoms with Gasteiger partial charge in [0.15, 0.2) is 0 Å². The fraction of sp³-hybridized carbons (Fsp3) is 0.636. The number of hydrogen-bond donors (Lipinski definition) is 2. The molecule has 0 saturated heterocycles. The number of allylic oxidation sites excluding steroid dienone is 2. The highest BCUT2D eigenvalue weighted by Gasteiger charge is 2.59. The van der Waals surface area contributed by atoms with Crippen molar-refractivity contribution in [2.45, 2.75) is 66.3 Å². The molecular weight excluding hydrogens is 306 g/mol. The van der Waals surface area contributed by atoms with Crippen LogP contribution in [0.5, 0.6) is 0 Å². The van der Waals surface area contributed by atoms with Gasteiger partial charge in [-0.05, 0) is 63.5 Å². The minimum atomic E-state index is 0.261. The molecule has 0 aliphatic heterocycles. The SMILES string of the molecule is C=C=C(NC(C)CCCNCC)C1=CCC2(C)CC2(C)C=C1/N=C\C. The predicted octanol–water partition coefficient (Wildman–Crippen LogP) is 4.74. The third-order valence-electron chi connectivity index (χ3n) is 5.84. The predicted molar refractivity (Wildman–Crippen MR) is 109 cm³/mol. The van der Waals surface area contributed by atoms with E-state index in [4.69, 9.17) is 0 Å². The van der Waals surface area contributed by atoms with Crippen LogP contribution in [0.1, 0.15) is 60.3 Å². The van der Waals surface area contributed by atoms with Gasteiger partial charge in [-0.15, -0.1) is 5.73 Å². The number of aliphatic imine (C=N–C) groups is 1. The fourth-order valence-corrected chi connectivity index (χ4v) is 3.84. The lowest BCUT2D eigenvalue weighted by atomic mass is 9.94. The number of nitrogens with zero attached hydrogens (tertiary/aromatic N) is 1. The van der Waals surface area contributed by atoms with Crippen molar-refractivity contribution in [3.8, 4) is 0 Å². The monoisotopic (exact) mass is 341 g/mol. The Bertz CT molecular complexity index is 621. The van der Waals surface area contributed by atoms with E-state index in [9.17, 15) is 0 Å². The molecule has 0 radical (unpaired) electrons. The standard InChI is InChI=1S/C22H35N3/c1-7-19(25-17(4)11-10-14-23-8-2)18-12-13-21(5)16-22(21,6)15-20(18)24-9-3/h9,12,15,17,23,25H,1,8,10-11,13-14,16H2,2-6H3/b24-9-. The Kier molecular flexibility index (Phi) is 6.48. The van der Waals surface area contributed by atoms with E-state index >= 15 is 0 Å². The molecule has 1 fully saturated rings. The first-order valence-electron chi connectivity index (χ1n) is 9.69. The van der Waals surface area contributed by atoms with E-state index in [-0.39, 0.29) is 5.41 Å². The first-order chi connectivity index (χ1) is 11.9. The minimum Gasteiger partial charge on any atom is -0.376 e. The second-order valence-electron chi connectivity index (χ2n) is 7.99. The Hall–Kier alpha value is -1.57. The summed E-state index contributed by atoms with van der Waals surface area (Å²) < 4.78 is 0. The van der Waals surface area contributed by atoms with Crippen LogP contribution in [0.3, 0.4) is 0 Å². The lowest BCUT2D eigenvalue weighted by molar-refractivity contribution is 0.463. The van der Waals surface area contributed by atoms with Crippen molar-refractivity contribution in [1.82, 2.24) is 10.6 Å². The number of fused-ring (bicyclic) bond motifs is 1. The van der Waals surface area contributed by atoms with Crippen molar-refractivity contribution < 1.29 is 0 Å². The van der Waals surface area contributed by atoms with Gasteiger partial charge in [-0.3, -0.25) is 4.99 Å². The number of nitrogens with one attached hydrogen (secondary N) is 2. The molecule has 3 nitrogen and oxygen atoms in total. The summed E-state index contributed by atoms with van der Waals surface area (Å²) in [4.78, 5) is 4.67. The zero-order chi connectivity index (χ0) is 18.5. The van der Waals surface area contributed by atoms with Crippen LogP contribution in [0.15, 0.2) is 46.4 Å². The average Bonchev–Trinajstić information content (AvgIpc) is 3.12. The molecule has 0 aromatic heterocycles. The van der Waals surface area contributed by atoms with Gasteiger partial charge in [-0.1, -0.05) is 39.5 Å². The van der Waals surface area contributed by atoms with Gasteiger partial charge in [0, 0.05) is 17.8 Å². The Balaban J connectivity index is 2.12. The van der Waals surface area contributed by atoms with E-state index in [2.05, 4.69) is 67.8 Å². The topological polar surface area (TPSA) is 36.4 Å². The zero-order valence-electron chi connectivity index (χ0n) is 16.7. The van der Waals surface area contributed by atoms with Gasteiger partial charge in [0.1, 0.15) is 0 Å². The molecule has 0 heterocycles. The third kappa shape index (κ3) is 4.54. The van der Waals surface area contributed by atoms with E-state index in [0.29, 0.717) is 11.5 Å². The molecule has 1 saturated carbocycles. The Morgan fingerprint density at radius 3 is 2.88 bits per heavy atom. The molecule has 2 aliphatic rings. The van der Waals surface area contributed by atoms with E-state index in [1.165, 1.54) is 6.42 Å². The smallest absolute Gasteiger partial charge is 0.0861 e. The molecule has 2 aliphatic carbocycles. The van der Waals surface area contributed by atoms with E-state index in [0.717, 1.165) is 49.3 Å². The summed E-state index contributed by atoms with van der Waals surface area (Å²) in [5, 5.41) is 7.00. The molecule has 3 heteroatoms. The molecule has 3 atom stereocenters. The van der Waals surface area contributed by atoms with Crippen molar-refractivity contribution in [2.24, 2.45) is 15.8 Å². The summed E-state index contributed by atoms with van der Waals surface area (Å²) in [7, 11) is 0. The molecule has 0 amide bonds. The summed E-state index contributed by atoms with van der Waals surface area (Å²) in [5.74, 6) is 0. The summed E-state index contributed by atoms with van der Waals surface area (Å²) in [6.45, 7) is 17.1. The van der Waals surface area contributed by atoms with E-state index < -0.39 is 0 Å². The van der Waals surface area contributed by atoms with Crippen LogP contribution < -0.4 is 10.6 Å². The van der Waals surface area contributed by atoms with Crippen LogP contribution in [0, 0.1) is 10.8 Å². The molecule has 0 spiro atoms. The quantitative estimate of drug-likeness (QED) is 0.361. The van der Waals surface area contributed by atoms with Gasteiger partial charge in [0.05, 0.1) is 11.4 Å². The molecule has 2 N–H and O–H groups in total. The van der Waals surface area contributed by atoms with Gasteiger partial charge in [0.2, 0.25) is 0 Å². The van der Waals surface area contributed by atoms with Crippen molar-refractivity contribution in [3.63, 3.8) is 0 Å². The van der Waals surface area contributed by atoms with Crippen molar-refractivity contribution >= 4 is 6.21 Å². The molecular formula is C22H35N3. The zero-order valence-corrected chi connectivity index (χ0v) is 16.7. The highest BCUT2D eigenvalue weighted by atomic mass is 14.9. The number of rotatable bonds is 9. The van der Waals surface area contributed by atoms with Gasteiger partial charge in [-0.25, -0.2) is 0 Å². The first-order valence-corrected chi connectivity index (χ1v) is 9.69. The normalized spacial score (nSPS) is 29.2. The Labute approximate surface area is 154 Å². The maximum absolute atomic E-state index is 4.67. The van der Waals surface area contributed by atoms with Gasteiger partial charge in [0.25, 0.3) is 0 Å². The Morgan fingerprint density at radius 2 is 2.24 bits per heavy atom. The molecule has 138 valence electrons. The van der Waals surface area contributed by atoms with Crippen molar-refractivity contribution in [1.29, 1.82) is 0 Å². The molecule has 3 unspecified atom stereocenters. The average molecular weight is 342 g/mol. The lowest BCUT2D eigenvalue weighted by Gasteiger charge is -2.19. The maximum atomic E-state index is 4.67. The summed E-state index contributed by atoms with van der Waals surface area (Å²) in [6.07, 6.45) is 11.2. The number of hydrogen-bond acceptors (Lipinski definition) is 3. The van der Waals surface area contributed by atoms with Crippen LogP contribution in [0.4, 0.5) is 0 Å². The van der Waals surface area contributed by atoms with Crippen molar-refractivity contribution in [2.75, 3.05) is 13.1 Å². The van der Waals surface area contributed by atoms with Crippen LogP contribution in [0.25, 0.3) is 0 Å². The third-order valence-corrected chi connectivity index (χ3v) is 5.84. The molecule has 2 rings (SSSR count). The highest BCUT2D eigenvalue weighted by molar-refractivity contribution is 5.60. The minimum absolute atomic E-state index is 0.261. The first kappa shape index (κ1) is 19.8. The molecule has 25 heavy (non-hydrogen) atoms. The van der Waals surface area contributed by atoms with E-state index in [1.807, 2.05) is 13.1 Å². The van der Waals surface area contributed by atoms with Crippen LogP contribution >= 0.6 is 0 Å². The summed E-state index contributed by atoms with van der Waals surface area (Å²) in [5.41, 5.74) is 6.96. The second-order valence-corrected chi connectivity index (χ2v) is 7.99. The molecule has 0 bridgehead atoms. The van der Waals surface area contributed by atoms with Crippen LogP contribution in [-0.2, 0) is 0 Å². The largest absolute Gasteiger partial charge is 0.376 e. The van der Waals surface area contributed by atoms with Gasteiger partial charge < -0.3 is 10.6 Å².